The van der Waals surface area contributed by atoms with Crippen molar-refractivity contribution in [1.29, 1.82) is 0 Å². The first-order valence-corrected chi connectivity index (χ1v) is 5.40. The highest BCUT2D eigenvalue weighted by molar-refractivity contribution is 5.82. The van der Waals surface area contributed by atoms with Gasteiger partial charge >= 0.3 is 5.97 Å². The van der Waals surface area contributed by atoms with E-state index in [2.05, 4.69) is 10.1 Å². The number of methoxy groups -OCH3 is 1. The van der Waals surface area contributed by atoms with E-state index in [1.54, 1.807) is 6.92 Å². The molecule has 0 aromatic rings. The molecule has 1 unspecified atom stereocenters. The van der Waals surface area contributed by atoms with Crippen molar-refractivity contribution >= 4 is 11.9 Å². The summed E-state index contributed by atoms with van der Waals surface area (Å²) < 4.78 is 4.44. The maximum atomic E-state index is 10.8. The first kappa shape index (κ1) is 19.5. The Bertz CT molecular complexity index is 158. The third-order valence-corrected chi connectivity index (χ3v) is 1.37. The van der Waals surface area contributed by atoms with Crippen LogP contribution in [0.3, 0.4) is 0 Å². The number of amides is 1. The average Bonchev–Trinajstić information content (AvgIpc) is 2.32. The Balaban J connectivity index is -0.000000318. The maximum Gasteiger partial charge on any atom is 0.308 e. The van der Waals surface area contributed by atoms with Gasteiger partial charge in [-0.2, -0.15) is 0 Å². The van der Waals surface area contributed by atoms with Crippen LogP contribution in [0.4, 0.5) is 0 Å². The van der Waals surface area contributed by atoms with E-state index in [0.717, 1.165) is 0 Å². The van der Waals surface area contributed by atoms with Crippen molar-refractivity contribution < 1.29 is 14.3 Å². The van der Waals surface area contributed by atoms with Crippen LogP contribution in [0.25, 0.3) is 0 Å². The molecule has 0 aliphatic heterocycles. The highest BCUT2D eigenvalue weighted by atomic mass is 16.5. The van der Waals surface area contributed by atoms with Gasteiger partial charge < -0.3 is 10.1 Å². The summed E-state index contributed by atoms with van der Waals surface area (Å²) in [4.78, 5) is 21.5. The first-order chi connectivity index (χ1) is 7.11. The minimum atomic E-state index is -0.361. The SMILES string of the molecule is CC.CC.CNC(=O)CC(C)C(=O)OC. The summed E-state index contributed by atoms with van der Waals surface area (Å²) in [6.45, 7) is 9.65. The molecular formula is C11H25NO3. The summed E-state index contributed by atoms with van der Waals surface area (Å²) in [5.74, 6) is -0.864. The predicted octanol–water partition coefficient (Wildman–Crippen LogP) is 1.98. The molecule has 0 aliphatic carbocycles. The van der Waals surface area contributed by atoms with Gasteiger partial charge in [-0.3, -0.25) is 9.59 Å². The third kappa shape index (κ3) is 12.9. The molecule has 0 bridgehead atoms. The zero-order valence-electron chi connectivity index (χ0n) is 11.0. The van der Waals surface area contributed by atoms with Crippen molar-refractivity contribution in [3.05, 3.63) is 0 Å². The standard InChI is InChI=1S/C7H13NO3.2C2H6/c1-5(7(10)11-3)4-6(9)8-2;2*1-2/h5H,4H2,1-3H3,(H,8,9);2*1-2H3. The number of esters is 1. The van der Waals surface area contributed by atoms with Crippen LogP contribution in [0.5, 0.6) is 0 Å². The molecule has 0 spiro atoms. The minimum absolute atomic E-state index is 0.150. The van der Waals surface area contributed by atoms with E-state index in [1.165, 1.54) is 14.2 Å². The lowest BCUT2D eigenvalue weighted by molar-refractivity contribution is -0.146. The zero-order chi connectivity index (χ0) is 12.9. The number of carbonyl (C=O) groups is 2. The molecule has 0 saturated heterocycles. The lowest BCUT2D eigenvalue weighted by Crippen LogP contribution is -2.24. The Labute approximate surface area is 93.4 Å². The summed E-state index contributed by atoms with van der Waals surface area (Å²) in [5, 5.41) is 2.43. The molecule has 1 amide bonds. The van der Waals surface area contributed by atoms with Gasteiger partial charge in [-0.1, -0.05) is 34.6 Å². The fourth-order valence-corrected chi connectivity index (χ4v) is 0.665. The van der Waals surface area contributed by atoms with Gasteiger partial charge in [0.15, 0.2) is 0 Å². The van der Waals surface area contributed by atoms with Gasteiger partial charge in [0, 0.05) is 13.5 Å². The van der Waals surface area contributed by atoms with Crippen LogP contribution in [0, 0.1) is 5.92 Å². The van der Waals surface area contributed by atoms with Crippen molar-refractivity contribution in [1.82, 2.24) is 5.32 Å². The molecule has 0 aromatic heterocycles. The van der Waals surface area contributed by atoms with Gasteiger partial charge in [0.2, 0.25) is 5.91 Å². The van der Waals surface area contributed by atoms with Crippen molar-refractivity contribution in [2.45, 2.75) is 41.0 Å². The molecule has 0 aromatic carbocycles. The van der Waals surface area contributed by atoms with E-state index in [9.17, 15) is 9.59 Å². The quantitative estimate of drug-likeness (QED) is 0.738. The van der Waals surface area contributed by atoms with Crippen LogP contribution < -0.4 is 5.32 Å². The Morgan fingerprint density at radius 2 is 1.60 bits per heavy atom. The van der Waals surface area contributed by atoms with Gasteiger partial charge in [-0.05, 0) is 0 Å². The molecule has 1 atom stereocenters. The largest absolute Gasteiger partial charge is 0.469 e. The van der Waals surface area contributed by atoms with Crippen LogP contribution in [0.2, 0.25) is 0 Å². The molecule has 0 rings (SSSR count). The van der Waals surface area contributed by atoms with Crippen LogP contribution in [-0.2, 0) is 14.3 Å². The van der Waals surface area contributed by atoms with E-state index in [0.29, 0.717) is 0 Å². The zero-order valence-corrected chi connectivity index (χ0v) is 11.0. The Morgan fingerprint density at radius 3 is 1.87 bits per heavy atom. The predicted molar refractivity (Wildman–Crippen MR) is 62.6 cm³/mol. The molecule has 92 valence electrons. The molecule has 0 aliphatic rings. The summed E-state index contributed by atoms with van der Waals surface area (Å²) in [5.41, 5.74) is 0. The Hall–Kier alpha value is -1.06. The van der Waals surface area contributed by atoms with E-state index in [1.807, 2.05) is 27.7 Å². The normalized spacial score (nSPS) is 9.53. The van der Waals surface area contributed by atoms with Crippen LogP contribution in [-0.4, -0.2) is 26.0 Å². The number of ether oxygens (including phenoxy) is 1. The van der Waals surface area contributed by atoms with Crippen LogP contribution in [0.15, 0.2) is 0 Å². The van der Waals surface area contributed by atoms with E-state index in [4.69, 9.17) is 0 Å². The number of hydrogen-bond donors (Lipinski definition) is 1. The second kappa shape index (κ2) is 15.4. The van der Waals surface area contributed by atoms with Crippen molar-refractivity contribution in [3.63, 3.8) is 0 Å². The van der Waals surface area contributed by atoms with Gasteiger partial charge in [0.25, 0.3) is 0 Å². The number of nitrogens with one attached hydrogen (secondary N) is 1. The smallest absolute Gasteiger partial charge is 0.308 e. The molecule has 0 fully saturated rings. The number of rotatable bonds is 3. The highest BCUT2D eigenvalue weighted by Crippen LogP contribution is 2.02. The van der Waals surface area contributed by atoms with E-state index < -0.39 is 0 Å². The van der Waals surface area contributed by atoms with Crippen molar-refractivity contribution in [2.24, 2.45) is 5.92 Å². The molecule has 0 heterocycles. The number of carbonyl (C=O) groups excluding carboxylic acids is 2. The molecule has 4 nitrogen and oxygen atoms in total. The lowest BCUT2D eigenvalue weighted by atomic mass is 10.1. The molecule has 0 radical (unpaired) electrons. The molecule has 1 N–H and O–H groups in total. The Kier molecular flexibility index (Phi) is 20.0. The lowest BCUT2D eigenvalue weighted by Gasteiger charge is -2.06. The van der Waals surface area contributed by atoms with Gasteiger partial charge in [-0.15, -0.1) is 0 Å². The van der Waals surface area contributed by atoms with Crippen LogP contribution >= 0.6 is 0 Å². The minimum Gasteiger partial charge on any atom is -0.469 e. The second-order valence-electron chi connectivity index (χ2n) is 2.30. The summed E-state index contributed by atoms with van der Waals surface area (Å²) in [6, 6.07) is 0. The van der Waals surface area contributed by atoms with Crippen molar-refractivity contribution in [2.75, 3.05) is 14.2 Å². The van der Waals surface area contributed by atoms with Crippen molar-refractivity contribution in [3.8, 4) is 0 Å². The molecular weight excluding hydrogens is 194 g/mol. The monoisotopic (exact) mass is 219 g/mol. The molecule has 0 saturated carbocycles. The Morgan fingerprint density at radius 1 is 1.20 bits per heavy atom. The summed E-state index contributed by atoms with van der Waals surface area (Å²) in [7, 11) is 2.84. The van der Waals surface area contributed by atoms with Gasteiger partial charge in [0.05, 0.1) is 13.0 Å². The highest BCUT2D eigenvalue weighted by Gasteiger charge is 2.15. The summed E-state index contributed by atoms with van der Waals surface area (Å²) >= 11 is 0. The van der Waals surface area contributed by atoms with Gasteiger partial charge in [0.1, 0.15) is 0 Å². The molecule has 4 heteroatoms. The van der Waals surface area contributed by atoms with Crippen LogP contribution in [0.1, 0.15) is 41.0 Å². The maximum absolute atomic E-state index is 10.8. The second-order valence-corrected chi connectivity index (χ2v) is 2.30. The topological polar surface area (TPSA) is 55.4 Å². The van der Waals surface area contributed by atoms with Gasteiger partial charge in [-0.25, -0.2) is 0 Å². The summed E-state index contributed by atoms with van der Waals surface area (Å²) in [6.07, 6.45) is 0.184. The van der Waals surface area contributed by atoms with E-state index >= 15 is 0 Å². The fourth-order valence-electron chi connectivity index (χ4n) is 0.665. The first-order valence-electron chi connectivity index (χ1n) is 5.40. The fraction of sp³-hybridized carbons (Fsp3) is 0.818. The molecule has 15 heavy (non-hydrogen) atoms. The number of hydrogen-bond acceptors (Lipinski definition) is 3. The third-order valence-electron chi connectivity index (χ3n) is 1.37. The average molecular weight is 219 g/mol. The van der Waals surface area contributed by atoms with E-state index in [-0.39, 0.29) is 24.2 Å².